The molecule has 0 aliphatic heterocycles. The SMILES string of the molecule is COC(CN(C)c1noc(N)c1S(C)(=O)=O)OC. The number of aromatic nitrogens is 1. The minimum Gasteiger partial charge on any atom is -0.366 e. The predicted octanol–water partition coefficient (Wildman–Crippen LogP) is -0.285. The van der Waals surface area contributed by atoms with Gasteiger partial charge in [0, 0.05) is 27.5 Å². The Balaban J connectivity index is 3.04. The van der Waals surface area contributed by atoms with E-state index in [9.17, 15) is 8.42 Å². The molecule has 0 saturated carbocycles. The Hall–Kier alpha value is -1.32. The van der Waals surface area contributed by atoms with Gasteiger partial charge in [0.15, 0.2) is 26.8 Å². The Morgan fingerprint density at radius 3 is 2.44 bits per heavy atom. The first-order valence-corrected chi connectivity index (χ1v) is 6.92. The maximum Gasteiger partial charge on any atom is 0.243 e. The van der Waals surface area contributed by atoms with Crippen molar-refractivity contribution in [2.75, 3.05) is 44.7 Å². The highest BCUT2D eigenvalue weighted by Gasteiger charge is 2.26. The van der Waals surface area contributed by atoms with Crippen LogP contribution in [0.5, 0.6) is 0 Å². The van der Waals surface area contributed by atoms with Crippen molar-refractivity contribution in [3.63, 3.8) is 0 Å². The van der Waals surface area contributed by atoms with E-state index >= 15 is 0 Å². The lowest BCUT2D eigenvalue weighted by atomic mass is 10.5. The maximum atomic E-state index is 11.6. The summed E-state index contributed by atoms with van der Waals surface area (Å²) in [6.45, 7) is 0.279. The van der Waals surface area contributed by atoms with Crippen molar-refractivity contribution in [2.45, 2.75) is 11.2 Å². The van der Waals surface area contributed by atoms with Gasteiger partial charge in [0.25, 0.3) is 0 Å². The van der Waals surface area contributed by atoms with E-state index in [1.165, 1.54) is 19.1 Å². The normalized spacial score (nSPS) is 12.1. The smallest absolute Gasteiger partial charge is 0.243 e. The molecule has 0 amide bonds. The van der Waals surface area contributed by atoms with Gasteiger partial charge in [-0.2, -0.15) is 0 Å². The molecule has 1 aromatic heterocycles. The fourth-order valence-corrected chi connectivity index (χ4v) is 2.36. The van der Waals surface area contributed by atoms with Gasteiger partial charge < -0.3 is 24.6 Å². The number of anilines is 2. The summed E-state index contributed by atoms with van der Waals surface area (Å²) in [4.78, 5) is 1.41. The fourth-order valence-electron chi connectivity index (χ4n) is 1.43. The molecule has 18 heavy (non-hydrogen) atoms. The van der Waals surface area contributed by atoms with Crippen LogP contribution in [0, 0.1) is 0 Å². The zero-order chi connectivity index (χ0) is 13.9. The Morgan fingerprint density at radius 2 is 2.00 bits per heavy atom. The first-order valence-electron chi connectivity index (χ1n) is 5.03. The molecule has 0 aliphatic carbocycles. The van der Waals surface area contributed by atoms with E-state index in [0.717, 1.165) is 6.26 Å². The highest BCUT2D eigenvalue weighted by atomic mass is 32.2. The number of nitrogen functional groups attached to an aromatic ring is 1. The number of rotatable bonds is 6. The number of sulfone groups is 1. The summed E-state index contributed by atoms with van der Waals surface area (Å²) in [5.74, 6) is -0.0974. The molecule has 2 N–H and O–H groups in total. The highest BCUT2D eigenvalue weighted by molar-refractivity contribution is 7.91. The van der Waals surface area contributed by atoms with Gasteiger partial charge in [-0.05, 0) is 0 Å². The molecule has 0 aromatic carbocycles. The number of nitrogens with zero attached hydrogens (tertiary/aromatic N) is 2. The maximum absolute atomic E-state index is 11.6. The summed E-state index contributed by atoms with van der Waals surface area (Å²) < 4.78 is 38.0. The quantitative estimate of drug-likeness (QED) is 0.708. The molecule has 0 saturated heterocycles. The van der Waals surface area contributed by atoms with Crippen LogP contribution in [0.1, 0.15) is 0 Å². The van der Waals surface area contributed by atoms with Crippen LogP contribution < -0.4 is 10.6 Å². The van der Waals surface area contributed by atoms with Gasteiger partial charge >= 0.3 is 0 Å². The van der Waals surface area contributed by atoms with Crippen LogP contribution in [0.4, 0.5) is 11.7 Å². The topological polar surface area (TPSA) is 108 Å². The average molecular weight is 279 g/mol. The third-order valence-electron chi connectivity index (χ3n) is 2.34. The molecule has 1 aromatic rings. The number of likely N-dealkylation sites (N-methyl/N-ethyl adjacent to an activating group) is 1. The summed E-state index contributed by atoms with van der Waals surface area (Å²) in [6.07, 6.45) is 0.525. The van der Waals surface area contributed by atoms with Gasteiger partial charge in [0.05, 0.1) is 6.54 Å². The molecule has 104 valence electrons. The second kappa shape index (κ2) is 5.55. The number of ether oxygens (including phenoxy) is 2. The Morgan fingerprint density at radius 1 is 1.44 bits per heavy atom. The summed E-state index contributed by atoms with van der Waals surface area (Å²) in [6, 6.07) is 0. The molecule has 0 aliphatic rings. The van der Waals surface area contributed by atoms with E-state index in [4.69, 9.17) is 19.7 Å². The first-order chi connectivity index (χ1) is 8.31. The number of nitrogens with two attached hydrogens (primary N) is 1. The number of methoxy groups -OCH3 is 2. The van der Waals surface area contributed by atoms with Gasteiger partial charge in [-0.15, -0.1) is 0 Å². The van der Waals surface area contributed by atoms with Crippen molar-refractivity contribution in [3.8, 4) is 0 Å². The molecule has 9 heteroatoms. The first kappa shape index (κ1) is 14.7. The molecule has 0 bridgehead atoms. The summed E-state index contributed by atoms with van der Waals surface area (Å²) in [5.41, 5.74) is 5.46. The molecule has 0 unspecified atom stereocenters. The monoisotopic (exact) mass is 279 g/mol. The third kappa shape index (κ3) is 3.12. The zero-order valence-corrected chi connectivity index (χ0v) is 11.5. The lowest BCUT2D eigenvalue weighted by Gasteiger charge is -2.21. The molecule has 0 atom stereocenters. The van der Waals surface area contributed by atoms with E-state index in [0.29, 0.717) is 0 Å². The average Bonchev–Trinajstić information content (AvgIpc) is 2.67. The largest absolute Gasteiger partial charge is 0.366 e. The van der Waals surface area contributed by atoms with Gasteiger partial charge in [0.2, 0.25) is 5.88 Å². The summed E-state index contributed by atoms with van der Waals surface area (Å²) in [7, 11) is 1.08. The van der Waals surface area contributed by atoms with E-state index in [-0.39, 0.29) is 23.1 Å². The standard InChI is InChI=1S/C9H17N3O5S/c1-12(5-6(15-2)16-3)9-7(18(4,13)14)8(10)17-11-9/h6H,5,10H2,1-4H3. The van der Waals surface area contributed by atoms with Crippen LogP contribution in [0.15, 0.2) is 9.42 Å². The molecule has 1 rings (SSSR count). The Kier molecular flexibility index (Phi) is 4.54. The van der Waals surface area contributed by atoms with Crippen molar-refractivity contribution < 1.29 is 22.4 Å². The van der Waals surface area contributed by atoms with E-state index in [1.807, 2.05) is 0 Å². The van der Waals surface area contributed by atoms with Crippen LogP contribution in [0.3, 0.4) is 0 Å². The van der Waals surface area contributed by atoms with E-state index in [1.54, 1.807) is 7.05 Å². The second-order valence-electron chi connectivity index (χ2n) is 3.75. The van der Waals surface area contributed by atoms with Crippen LogP contribution in [0.25, 0.3) is 0 Å². The third-order valence-corrected chi connectivity index (χ3v) is 3.46. The van der Waals surface area contributed by atoms with E-state index < -0.39 is 16.1 Å². The molecule has 0 spiro atoms. The van der Waals surface area contributed by atoms with Gasteiger partial charge in [-0.25, -0.2) is 8.42 Å². The molecular formula is C9H17N3O5S. The lowest BCUT2D eigenvalue weighted by molar-refractivity contribution is -0.0945. The molecular weight excluding hydrogens is 262 g/mol. The fraction of sp³-hybridized carbons (Fsp3) is 0.667. The molecule has 1 heterocycles. The van der Waals surface area contributed by atoms with Gasteiger partial charge in [0.1, 0.15) is 0 Å². The number of hydrogen-bond donors (Lipinski definition) is 1. The van der Waals surface area contributed by atoms with Crippen LogP contribution >= 0.6 is 0 Å². The minimum atomic E-state index is -3.52. The predicted molar refractivity (Wildman–Crippen MR) is 65.1 cm³/mol. The number of hydrogen-bond acceptors (Lipinski definition) is 8. The van der Waals surface area contributed by atoms with Crippen LogP contribution in [-0.2, 0) is 19.3 Å². The molecule has 8 nitrogen and oxygen atoms in total. The zero-order valence-electron chi connectivity index (χ0n) is 10.7. The van der Waals surface area contributed by atoms with E-state index in [2.05, 4.69) is 5.16 Å². The Labute approximate surface area is 106 Å². The lowest BCUT2D eigenvalue weighted by Crippen LogP contribution is -2.32. The Bertz CT molecular complexity index is 494. The second-order valence-corrected chi connectivity index (χ2v) is 5.71. The molecule has 0 fully saturated rings. The van der Waals surface area contributed by atoms with Crippen LogP contribution in [0.2, 0.25) is 0 Å². The highest BCUT2D eigenvalue weighted by Crippen LogP contribution is 2.29. The summed E-state index contributed by atoms with van der Waals surface area (Å²) in [5, 5.41) is 3.64. The summed E-state index contributed by atoms with van der Waals surface area (Å²) >= 11 is 0. The minimum absolute atomic E-state index is 0.129. The van der Waals surface area contributed by atoms with Crippen LogP contribution in [-0.4, -0.2) is 53.9 Å². The van der Waals surface area contributed by atoms with Crippen molar-refractivity contribution in [1.82, 2.24) is 5.16 Å². The van der Waals surface area contributed by atoms with Gasteiger partial charge in [-0.3, -0.25) is 0 Å². The van der Waals surface area contributed by atoms with Crippen molar-refractivity contribution in [3.05, 3.63) is 0 Å². The van der Waals surface area contributed by atoms with Gasteiger partial charge in [-0.1, -0.05) is 5.16 Å². The molecule has 0 radical (unpaired) electrons. The van der Waals surface area contributed by atoms with Crippen molar-refractivity contribution in [1.29, 1.82) is 0 Å². The van der Waals surface area contributed by atoms with Crippen molar-refractivity contribution >= 4 is 21.5 Å². The van der Waals surface area contributed by atoms with Crippen molar-refractivity contribution in [2.24, 2.45) is 0 Å².